The summed E-state index contributed by atoms with van der Waals surface area (Å²) in [6.07, 6.45) is -4.48. The second-order valence-electron chi connectivity index (χ2n) is 6.81. The van der Waals surface area contributed by atoms with E-state index in [2.05, 4.69) is 15.0 Å². The van der Waals surface area contributed by atoms with Crippen molar-refractivity contribution in [1.82, 2.24) is 19.9 Å². The monoisotopic (exact) mass is 420 g/mol. The van der Waals surface area contributed by atoms with Crippen molar-refractivity contribution in [3.05, 3.63) is 76.6 Å². The Balaban J connectivity index is 1.74. The Labute approximate surface area is 167 Å². The molecule has 3 heterocycles. The van der Waals surface area contributed by atoms with Crippen molar-refractivity contribution in [1.29, 1.82) is 0 Å². The number of aromatic nitrogens is 3. The van der Waals surface area contributed by atoms with Crippen LogP contribution in [-0.2, 0) is 12.7 Å². The standard InChI is InChI=1S/C20H13F5N4O/c1-29-8-14-13(19(29)30)2-3-26-18(14)16-7-15(27-9-28-16)17(22)10-4-11(20(23,24)25)6-12(21)5-10/h2-7,9,17H,8H2,1H3/t17-/m1/s1. The van der Waals surface area contributed by atoms with Crippen molar-refractivity contribution in [3.8, 4) is 11.4 Å². The molecule has 3 aromatic rings. The second kappa shape index (κ2) is 7.12. The Morgan fingerprint density at radius 2 is 1.87 bits per heavy atom. The Kier molecular flexibility index (Phi) is 4.71. The number of hydrogen-bond donors (Lipinski definition) is 0. The minimum atomic E-state index is -4.82. The molecule has 2 aromatic heterocycles. The molecule has 1 atom stereocenters. The van der Waals surface area contributed by atoms with E-state index in [1.54, 1.807) is 13.1 Å². The molecule has 0 radical (unpaired) electrons. The molecule has 0 bridgehead atoms. The molecule has 0 N–H and O–H groups in total. The summed E-state index contributed by atoms with van der Waals surface area (Å²) >= 11 is 0. The number of rotatable bonds is 3. The van der Waals surface area contributed by atoms with Gasteiger partial charge in [0.1, 0.15) is 12.1 Å². The van der Waals surface area contributed by atoms with E-state index in [4.69, 9.17) is 0 Å². The normalized spacial score (nSPS) is 14.7. The maximum absolute atomic E-state index is 15.0. The van der Waals surface area contributed by atoms with Crippen LogP contribution in [0.15, 0.2) is 42.9 Å². The fraction of sp³-hybridized carbons (Fsp3) is 0.200. The first-order chi connectivity index (χ1) is 14.1. The molecule has 4 rings (SSSR count). The van der Waals surface area contributed by atoms with E-state index < -0.39 is 29.3 Å². The first-order valence-electron chi connectivity index (χ1n) is 8.72. The SMILES string of the molecule is CN1Cc2c(ccnc2-c2cc([C@H](F)c3cc(F)cc(C(F)(F)F)c3)ncn2)C1=O. The predicted octanol–water partition coefficient (Wildman–Crippen LogP) is 4.34. The summed E-state index contributed by atoms with van der Waals surface area (Å²) in [5.41, 5.74) is -0.469. The van der Waals surface area contributed by atoms with Gasteiger partial charge in [-0.25, -0.2) is 18.7 Å². The lowest BCUT2D eigenvalue weighted by Gasteiger charge is -2.13. The second-order valence-corrected chi connectivity index (χ2v) is 6.81. The third-order valence-corrected chi connectivity index (χ3v) is 4.76. The number of carbonyl (C=O) groups is 1. The highest BCUT2D eigenvalue weighted by atomic mass is 19.4. The minimum Gasteiger partial charge on any atom is -0.337 e. The summed E-state index contributed by atoms with van der Waals surface area (Å²) in [6.45, 7) is 0.286. The molecule has 30 heavy (non-hydrogen) atoms. The van der Waals surface area contributed by atoms with Gasteiger partial charge >= 0.3 is 6.18 Å². The summed E-state index contributed by atoms with van der Waals surface area (Å²) < 4.78 is 67.5. The van der Waals surface area contributed by atoms with E-state index >= 15 is 4.39 Å². The maximum atomic E-state index is 15.0. The molecular formula is C20H13F5N4O. The van der Waals surface area contributed by atoms with Crippen LogP contribution in [0.2, 0.25) is 0 Å². The number of amides is 1. The lowest BCUT2D eigenvalue weighted by molar-refractivity contribution is -0.137. The molecule has 0 spiro atoms. The third kappa shape index (κ3) is 3.49. The number of carbonyl (C=O) groups excluding carboxylic acids is 1. The van der Waals surface area contributed by atoms with Crippen LogP contribution in [-0.4, -0.2) is 32.8 Å². The molecule has 5 nitrogen and oxygen atoms in total. The average molecular weight is 420 g/mol. The molecule has 1 aliphatic rings. The van der Waals surface area contributed by atoms with Gasteiger partial charge < -0.3 is 4.90 Å². The fourth-order valence-corrected chi connectivity index (χ4v) is 3.32. The van der Waals surface area contributed by atoms with Crippen LogP contribution >= 0.6 is 0 Å². The van der Waals surface area contributed by atoms with Crippen molar-refractivity contribution < 1.29 is 26.7 Å². The minimum absolute atomic E-state index is 0.189. The van der Waals surface area contributed by atoms with E-state index in [0.717, 1.165) is 6.33 Å². The van der Waals surface area contributed by atoms with Gasteiger partial charge in [-0.3, -0.25) is 9.78 Å². The molecule has 0 saturated carbocycles. The highest BCUT2D eigenvalue weighted by molar-refractivity contribution is 5.99. The number of nitrogens with zero attached hydrogens (tertiary/aromatic N) is 4. The van der Waals surface area contributed by atoms with Crippen LogP contribution in [0.5, 0.6) is 0 Å². The van der Waals surface area contributed by atoms with Crippen LogP contribution in [0.25, 0.3) is 11.4 Å². The summed E-state index contributed by atoms with van der Waals surface area (Å²) in [6, 6.07) is 4.33. The van der Waals surface area contributed by atoms with Crippen molar-refractivity contribution in [3.63, 3.8) is 0 Å². The molecule has 1 aliphatic heterocycles. The number of hydrogen-bond acceptors (Lipinski definition) is 4. The van der Waals surface area contributed by atoms with E-state index in [1.165, 1.54) is 17.2 Å². The molecule has 154 valence electrons. The lowest BCUT2D eigenvalue weighted by Crippen LogP contribution is -2.17. The first-order valence-corrected chi connectivity index (χ1v) is 8.72. The van der Waals surface area contributed by atoms with Crippen LogP contribution < -0.4 is 0 Å². The Morgan fingerprint density at radius 3 is 2.60 bits per heavy atom. The summed E-state index contributed by atoms with van der Waals surface area (Å²) in [4.78, 5) is 25.7. The van der Waals surface area contributed by atoms with E-state index in [0.29, 0.717) is 35.0 Å². The highest BCUT2D eigenvalue weighted by Crippen LogP contribution is 2.35. The van der Waals surface area contributed by atoms with E-state index in [9.17, 15) is 22.4 Å². The topological polar surface area (TPSA) is 59.0 Å². The van der Waals surface area contributed by atoms with Gasteiger partial charge in [-0.05, 0) is 35.9 Å². The van der Waals surface area contributed by atoms with Gasteiger partial charge in [0.05, 0.1) is 22.6 Å². The summed E-state index contributed by atoms with van der Waals surface area (Å²) in [5.74, 6) is -1.40. The molecule has 1 aromatic carbocycles. The summed E-state index contributed by atoms with van der Waals surface area (Å²) in [7, 11) is 1.62. The predicted molar refractivity (Wildman–Crippen MR) is 95.4 cm³/mol. The largest absolute Gasteiger partial charge is 0.416 e. The maximum Gasteiger partial charge on any atom is 0.416 e. The van der Waals surface area contributed by atoms with Crippen LogP contribution in [0, 0.1) is 5.82 Å². The fourth-order valence-electron chi connectivity index (χ4n) is 3.32. The van der Waals surface area contributed by atoms with Gasteiger partial charge in [0.25, 0.3) is 5.91 Å². The molecule has 0 fully saturated rings. The molecule has 1 amide bonds. The quantitative estimate of drug-likeness (QED) is 0.592. The van der Waals surface area contributed by atoms with Crippen molar-refractivity contribution in [2.24, 2.45) is 0 Å². The molecule has 0 unspecified atom stereocenters. The van der Waals surface area contributed by atoms with E-state index in [1.807, 2.05) is 0 Å². The Bertz CT molecular complexity index is 1150. The number of pyridine rings is 1. The van der Waals surface area contributed by atoms with Crippen molar-refractivity contribution >= 4 is 5.91 Å². The highest BCUT2D eigenvalue weighted by Gasteiger charge is 2.33. The van der Waals surface area contributed by atoms with Gasteiger partial charge in [0.2, 0.25) is 0 Å². The number of halogens is 5. The third-order valence-electron chi connectivity index (χ3n) is 4.76. The first kappa shape index (κ1) is 19.9. The zero-order chi connectivity index (χ0) is 21.6. The molecular weight excluding hydrogens is 407 g/mol. The van der Waals surface area contributed by atoms with E-state index in [-0.39, 0.29) is 23.8 Å². The Hall–Kier alpha value is -3.43. The van der Waals surface area contributed by atoms with Crippen molar-refractivity contribution in [2.75, 3.05) is 7.05 Å². The molecule has 10 heteroatoms. The number of fused-ring (bicyclic) bond motifs is 1. The van der Waals surface area contributed by atoms with Crippen LogP contribution in [0.1, 0.15) is 38.9 Å². The molecule has 0 saturated heterocycles. The summed E-state index contributed by atoms with van der Waals surface area (Å²) in [5, 5.41) is 0. The Morgan fingerprint density at radius 1 is 1.10 bits per heavy atom. The van der Waals surface area contributed by atoms with Crippen LogP contribution in [0.3, 0.4) is 0 Å². The van der Waals surface area contributed by atoms with Gasteiger partial charge in [-0.15, -0.1) is 0 Å². The van der Waals surface area contributed by atoms with Gasteiger partial charge in [-0.2, -0.15) is 13.2 Å². The van der Waals surface area contributed by atoms with Gasteiger partial charge in [0, 0.05) is 30.9 Å². The lowest BCUT2D eigenvalue weighted by atomic mass is 10.0. The zero-order valence-corrected chi connectivity index (χ0v) is 15.4. The average Bonchev–Trinajstić information content (AvgIpc) is 3.00. The van der Waals surface area contributed by atoms with Crippen LogP contribution in [0.4, 0.5) is 22.0 Å². The smallest absolute Gasteiger partial charge is 0.337 e. The van der Waals surface area contributed by atoms with Crippen molar-refractivity contribution in [2.45, 2.75) is 18.9 Å². The number of benzene rings is 1. The van der Waals surface area contributed by atoms with Gasteiger partial charge in [-0.1, -0.05) is 0 Å². The molecule has 0 aliphatic carbocycles. The van der Waals surface area contributed by atoms with Gasteiger partial charge in [0.15, 0.2) is 6.17 Å². The number of alkyl halides is 4. The zero-order valence-electron chi connectivity index (χ0n) is 15.4.